The minimum Gasteiger partial charge on any atom is -0.0802 e. The molecule has 2 aliphatic carbocycles. The third-order valence-corrected chi connectivity index (χ3v) is 3.04. The van der Waals surface area contributed by atoms with Crippen LogP contribution in [-0.2, 0) is 0 Å². The van der Waals surface area contributed by atoms with Gasteiger partial charge in [0.25, 0.3) is 0 Å². The predicted molar refractivity (Wildman–Crippen MR) is 51.3 cm³/mol. The predicted octanol–water partition coefficient (Wildman–Crippen LogP) is 3.32. The van der Waals surface area contributed by atoms with Gasteiger partial charge in [0.1, 0.15) is 0 Å². The van der Waals surface area contributed by atoms with Gasteiger partial charge in [0, 0.05) is 0 Å². The second-order valence-corrected chi connectivity index (χ2v) is 3.83. The van der Waals surface area contributed by atoms with Crippen LogP contribution in [-0.4, -0.2) is 0 Å². The Morgan fingerprint density at radius 1 is 1.17 bits per heavy atom. The summed E-state index contributed by atoms with van der Waals surface area (Å²) in [6, 6.07) is 0. The smallest absolute Gasteiger partial charge is 0.0167 e. The van der Waals surface area contributed by atoms with E-state index < -0.39 is 0 Å². The number of hydrogen-bond donors (Lipinski definition) is 0. The number of rotatable bonds is 1. The fourth-order valence-corrected chi connectivity index (χ4v) is 2.26. The van der Waals surface area contributed by atoms with Crippen LogP contribution in [0.15, 0.2) is 18.2 Å². The summed E-state index contributed by atoms with van der Waals surface area (Å²) in [7, 11) is 0. The molecule has 0 heterocycles. The largest absolute Gasteiger partial charge is 0.0802 e. The lowest BCUT2D eigenvalue weighted by molar-refractivity contribution is 0.316. The molecule has 0 aromatic rings. The first-order valence-corrected chi connectivity index (χ1v) is 5.03. The molecule has 64 valence electrons. The van der Waals surface area contributed by atoms with Gasteiger partial charge in [0.15, 0.2) is 0 Å². The summed E-state index contributed by atoms with van der Waals surface area (Å²) in [5.74, 6) is 1.77. The zero-order chi connectivity index (χ0) is 8.23. The maximum atomic E-state index is 3.14. The van der Waals surface area contributed by atoms with Gasteiger partial charge in [-0.05, 0) is 56.4 Å². The van der Waals surface area contributed by atoms with Crippen molar-refractivity contribution in [2.24, 2.45) is 11.8 Å². The van der Waals surface area contributed by atoms with Crippen molar-refractivity contribution in [3.05, 3.63) is 30.7 Å². The summed E-state index contributed by atoms with van der Waals surface area (Å²) in [4.78, 5) is 0. The Labute approximate surface area is 75.4 Å². The van der Waals surface area contributed by atoms with Crippen LogP contribution in [0.1, 0.15) is 32.1 Å². The molecule has 12 heavy (non-hydrogen) atoms. The summed E-state index contributed by atoms with van der Waals surface area (Å²) in [6.45, 7) is 0. The van der Waals surface area contributed by atoms with Crippen LogP contribution in [0, 0.1) is 24.3 Å². The molecule has 0 bridgehead atoms. The highest BCUT2D eigenvalue weighted by molar-refractivity contribution is 5.07. The summed E-state index contributed by atoms with van der Waals surface area (Å²) >= 11 is 0. The van der Waals surface area contributed by atoms with Crippen LogP contribution in [0.2, 0.25) is 0 Å². The monoisotopic (exact) mass is 160 g/mol. The second-order valence-electron chi connectivity index (χ2n) is 3.83. The van der Waals surface area contributed by atoms with Gasteiger partial charge in [-0.25, -0.2) is 0 Å². The molecule has 1 unspecified atom stereocenters. The van der Waals surface area contributed by atoms with Crippen molar-refractivity contribution in [1.82, 2.24) is 0 Å². The average Bonchev–Trinajstić information content (AvgIpc) is 2.21. The third-order valence-electron chi connectivity index (χ3n) is 3.04. The molecule has 0 spiro atoms. The van der Waals surface area contributed by atoms with E-state index in [1.165, 1.54) is 32.1 Å². The van der Waals surface area contributed by atoms with Crippen LogP contribution in [0.4, 0.5) is 0 Å². The first kappa shape index (κ1) is 8.10. The van der Waals surface area contributed by atoms with E-state index in [-0.39, 0.29) is 0 Å². The summed E-state index contributed by atoms with van der Waals surface area (Å²) in [5.41, 5.74) is 0. The minimum atomic E-state index is 0.819. The highest BCUT2D eigenvalue weighted by Gasteiger charge is 2.21. The van der Waals surface area contributed by atoms with E-state index in [9.17, 15) is 0 Å². The normalized spacial score (nSPS) is 30.8. The molecule has 0 aromatic heterocycles. The molecule has 0 nitrogen and oxygen atoms in total. The molecule has 0 aromatic carbocycles. The maximum absolute atomic E-state index is 3.14. The topological polar surface area (TPSA) is 0 Å². The van der Waals surface area contributed by atoms with Crippen LogP contribution in [0.5, 0.6) is 0 Å². The third kappa shape index (κ3) is 1.80. The molecular formula is C12H16. The molecule has 0 amide bonds. The summed E-state index contributed by atoms with van der Waals surface area (Å²) < 4.78 is 0. The van der Waals surface area contributed by atoms with E-state index in [2.05, 4.69) is 30.7 Å². The minimum absolute atomic E-state index is 0.819. The lowest BCUT2D eigenvalue weighted by atomic mass is 9.77. The van der Waals surface area contributed by atoms with Gasteiger partial charge in [0.2, 0.25) is 0 Å². The van der Waals surface area contributed by atoms with Gasteiger partial charge in [-0.1, -0.05) is 18.2 Å². The van der Waals surface area contributed by atoms with Crippen molar-refractivity contribution in [2.75, 3.05) is 0 Å². The first-order valence-electron chi connectivity index (χ1n) is 5.03. The Morgan fingerprint density at radius 3 is 2.67 bits per heavy atom. The zero-order valence-electron chi connectivity index (χ0n) is 7.50. The first-order chi connectivity index (χ1) is 5.97. The maximum Gasteiger partial charge on any atom is -0.0167 e. The van der Waals surface area contributed by atoms with Crippen LogP contribution in [0.25, 0.3) is 0 Å². The lowest BCUT2D eigenvalue weighted by Gasteiger charge is -2.28. The van der Waals surface area contributed by atoms with Crippen molar-refractivity contribution in [2.45, 2.75) is 32.1 Å². The van der Waals surface area contributed by atoms with E-state index in [0.717, 1.165) is 11.8 Å². The van der Waals surface area contributed by atoms with E-state index in [1.54, 1.807) is 0 Å². The molecule has 0 aliphatic heterocycles. The standard InChI is InChI=1S/C12H16/c1-3-7-11(8-4-1)12-9-5-2-6-10-12/h1,5-6,9,11-12H,3-4,7-8,10H2. The van der Waals surface area contributed by atoms with Gasteiger partial charge in [0.05, 0.1) is 0 Å². The Kier molecular flexibility index (Phi) is 2.65. The van der Waals surface area contributed by atoms with Gasteiger partial charge in [-0.15, -0.1) is 0 Å². The van der Waals surface area contributed by atoms with E-state index in [0.29, 0.717) is 0 Å². The molecule has 0 N–H and O–H groups in total. The molecule has 0 heteroatoms. The van der Waals surface area contributed by atoms with Gasteiger partial charge in [-0.3, -0.25) is 0 Å². The fraction of sp³-hybridized carbons (Fsp3) is 0.583. The summed E-state index contributed by atoms with van der Waals surface area (Å²) in [6.07, 6.45) is 18.9. The molecule has 2 rings (SSSR count). The zero-order valence-corrected chi connectivity index (χ0v) is 7.50. The van der Waals surface area contributed by atoms with Crippen molar-refractivity contribution >= 4 is 0 Å². The Balaban J connectivity index is 1.90. The molecule has 2 radical (unpaired) electrons. The van der Waals surface area contributed by atoms with Crippen molar-refractivity contribution in [3.8, 4) is 0 Å². The second kappa shape index (κ2) is 3.93. The molecule has 1 fully saturated rings. The van der Waals surface area contributed by atoms with E-state index in [4.69, 9.17) is 0 Å². The van der Waals surface area contributed by atoms with Crippen LogP contribution < -0.4 is 0 Å². The molecule has 2 aliphatic rings. The Hall–Kier alpha value is -0.520. The molecule has 1 atom stereocenters. The summed E-state index contributed by atoms with van der Waals surface area (Å²) in [5, 5.41) is 0. The Bertz CT molecular complexity index is 182. The molecule has 0 saturated heterocycles. The molecule has 1 saturated carbocycles. The lowest BCUT2D eigenvalue weighted by Crippen LogP contribution is -2.16. The average molecular weight is 160 g/mol. The SMILES string of the molecule is [C]1=CCC(C2CC[CH]CC2)C=C1. The van der Waals surface area contributed by atoms with Gasteiger partial charge >= 0.3 is 0 Å². The Morgan fingerprint density at radius 2 is 2.00 bits per heavy atom. The van der Waals surface area contributed by atoms with Crippen molar-refractivity contribution in [3.63, 3.8) is 0 Å². The van der Waals surface area contributed by atoms with Crippen LogP contribution >= 0.6 is 0 Å². The molecular weight excluding hydrogens is 144 g/mol. The van der Waals surface area contributed by atoms with Gasteiger partial charge < -0.3 is 0 Å². The van der Waals surface area contributed by atoms with Crippen LogP contribution in [0.3, 0.4) is 0 Å². The van der Waals surface area contributed by atoms with Crippen molar-refractivity contribution < 1.29 is 0 Å². The number of allylic oxidation sites excluding steroid dienone is 4. The number of hydrogen-bond acceptors (Lipinski definition) is 0. The quantitative estimate of drug-likeness (QED) is 0.552. The highest BCUT2D eigenvalue weighted by atomic mass is 14.3. The van der Waals surface area contributed by atoms with Crippen molar-refractivity contribution in [1.29, 1.82) is 0 Å². The fourth-order valence-electron chi connectivity index (χ4n) is 2.26. The van der Waals surface area contributed by atoms with E-state index in [1.807, 2.05) is 0 Å². The van der Waals surface area contributed by atoms with Gasteiger partial charge in [-0.2, -0.15) is 0 Å². The highest BCUT2D eigenvalue weighted by Crippen LogP contribution is 2.33. The van der Waals surface area contributed by atoms with E-state index >= 15 is 0 Å².